The van der Waals surface area contributed by atoms with Gasteiger partial charge in [-0.3, -0.25) is 14.8 Å². The second-order valence-corrected chi connectivity index (χ2v) is 7.48. The van der Waals surface area contributed by atoms with Crippen LogP contribution in [0.3, 0.4) is 0 Å². The van der Waals surface area contributed by atoms with Gasteiger partial charge in [0.15, 0.2) is 0 Å². The first-order valence-electron chi connectivity index (χ1n) is 10.1. The van der Waals surface area contributed by atoms with Crippen molar-refractivity contribution in [3.8, 4) is 11.5 Å². The van der Waals surface area contributed by atoms with Gasteiger partial charge in [-0.15, -0.1) is 10.2 Å². The maximum atomic E-state index is 13.4. The van der Waals surface area contributed by atoms with Crippen LogP contribution in [0.2, 0.25) is 0 Å². The van der Waals surface area contributed by atoms with Crippen LogP contribution in [0.5, 0.6) is 0 Å². The summed E-state index contributed by atoms with van der Waals surface area (Å²) in [5, 5.41) is 18.2. The fraction of sp³-hybridized carbons (Fsp3) is 0.174. The summed E-state index contributed by atoms with van der Waals surface area (Å²) < 4.78 is 30.6. The van der Waals surface area contributed by atoms with Crippen molar-refractivity contribution in [3.63, 3.8) is 0 Å². The number of halogens is 2. The van der Waals surface area contributed by atoms with E-state index < -0.39 is 24.5 Å². The van der Waals surface area contributed by atoms with Gasteiger partial charge in [0.25, 0.3) is 11.8 Å². The standard InChI is InChI=1S/C23H17F2N5O3/c24-20(25)22-29-28-21(33-22)14-6-7-15-12-30(23(32)16(15)10-14)18(17-11-26-8-9-27-17)19(31)13-4-2-1-3-5-13/h1-11,18-20,31H,12H2/t18-,19+/m1/s1. The van der Waals surface area contributed by atoms with Gasteiger partial charge in [-0.2, -0.15) is 8.78 Å². The minimum Gasteiger partial charge on any atom is -0.415 e. The molecule has 0 saturated carbocycles. The van der Waals surface area contributed by atoms with Gasteiger partial charge in [-0.25, -0.2) is 0 Å². The first-order chi connectivity index (χ1) is 16.0. The largest absolute Gasteiger partial charge is 0.415 e. The van der Waals surface area contributed by atoms with Gasteiger partial charge < -0.3 is 14.4 Å². The van der Waals surface area contributed by atoms with E-state index in [-0.39, 0.29) is 18.3 Å². The Morgan fingerprint density at radius 3 is 2.58 bits per heavy atom. The molecule has 1 amide bonds. The zero-order valence-corrected chi connectivity index (χ0v) is 17.0. The summed E-state index contributed by atoms with van der Waals surface area (Å²) in [5.74, 6) is -1.23. The highest BCUT2D eigenvalue weighted by Gasteiger charge is 2.39. The number of aliphatic hydroxyl groups is 1. The van der Waals surface area contributed by atoms with Crippen LogP contribution in [0.1, 0.15) is 51.6 Å². The van der Waals surface area contributed by atoms with E-state index in [2.05, 4.69) is 20.2 Å². The van der Waals surface area contributed by atoms with Crippen LogP contribution in [-0.4, -0.2) is 36.1 Å². The Labute approximate surface area is 186 Å². The number of hydrogen-bond donors (Lipinski definition) is 1. The van der Waals surface area contributed by atoms with Crippen molar-refractivity contribution >= 4 is 5.91 Å². The number of nitrogens with zero attached hydrogens (tertiary/aromatic N) is 5. The highest BCUT2D eigenvalue weighted by atomic mass is 19.3. The van der Waals surface area contributed by atoms with Crippen molar-refractivity contribution in [1.82, 2.24) is 25.1 Å². The van der Waals surface area contributed by atoms with Crippen molar-refractivity contribution in [2.45, 2.75) is 25.1 Å². The third kappa shape index (κ3) is 3.85. The maximum Gasteiger partial charge on any atom is 0.314 e. The summed E-state index contributed by atoms with van der Waals surface area (Å²) in [6.07, 6.45) is 0.598. The molecule has 0 fully saturated rings. The molecule has 4 aromatic rings. The van der Waals surface area contributed by atoms with Crippen LogP contribution < -0.4 is 0 Å². The molecule has 1 aliphatic heterocycles. The predicted molar refractivity (Wildman–Crippen MR) is 111 cm³/mol. The average molecular weight is 449 g/mol. The van der Waals surface area contributed by atoms with Crippen LogP contribution in [0.4, 0.5) is 8.78 Å². The van der Waals surface area contributed by atoms with Gasteiger partial charge in [-0.1, -0.05) is 36.4 Å². The molecule has 10 heteroatoms. The first-order valence-corrected chi connectivity index (χ1v) is 10.1. The van der Waals surface area contributed by atoms with E-state index in [1.165, 1.54) is 29.6 Å². The van der Waals surface area contributed by atoms with E-state index in [1.54, 1.807) is 36.4 Å². The van der Waals surface area contributed by atoms with Crippen LogP contribution in [0.15, 0.2) is 71.5 Å². The summed E-state index contributed by atoms with van der Waals surface area (Å²) in [7, 11) is 0. The third-order valence-corrected chi connectivity index (χ3v) is 5.48. The molecule has 8 nitrogen and oxygen atoms in total. The summed E-state index contributed by atoms with van der Waals surface area (Å²) in [6, 6.07) is 13.1. The smallest absolute Gasteiger partial charge is 0.314 e. The van der Waals surface area contributed by atoms with Crippen molar-refractivity contribution in [3.05, 3.63) is 95.4 Å². The molecule has 2 aromatic heterocycles. The molecule has 2 aromatic carbocycles. The van der Waals surface area contributed by atoms with Crippen molar-refractivity contribution in [1.29, 1.82) is 0 Å². The van der Waals surface area contributed by atoms with E-state index in [0.717, 1.165) is 0 Å². The molecule has 5 rings (SSSR count). The lowest BCUT2D eigenvalue weighted by atomic mass is 9.98. The van der Waals surface area contributed by atoms with Crippen molar-refractivity contribution in [2.24, 2.45) is 0 Å². The zero-order chi connectivity index (χ0) is 22.9. The molecule has 1 N–H and O–H groups in total. The maximum absolute atomic E-state index is 13.4. The number of rotatable bonds is 6. The summed E-state index contributed by atoms with van der Waals surface area (Å²) in [4.78, 5) is 23.4. The Morgan fingerprint density at radius 2 is 1.88 bits per heavy atom. The lowest BCUT2D eigenvalue weighted by molar-refractivity contribution is 0.0346. The Kier molecular flexibility index (Phi) is 5.35. The lowest BCUT2D eigenvalue weighted by Gasteiger charge is -2.31. The third-order valence-electron chi connectivity index (χ3n) is 5.48. The lowest BCUT2D eigenvalue weighted by Crippen LogP contribution is -2.34. The van der Waals surface area contributed by atoms with E-state index >= 15 is 0 Å². The fourth-order valence-electron chi connectivity index (χ4n) is 3.91. The Morgan fingerprint density at radius 1 is 1.06 bits per heavy atom. The minimum atomic E-state index is -2.88. The second-order valence-electron chi connectivity index (χ2n) is 7.48. The number of hydrogen-bond acceptors (Lipinski definition) is 7. The number of carbonyl (C=O) groups excluding carboxylic acids is 1. The van der Waals surface area contributed by atoms with Crippen molar-refractivity contribution in [2.75, 3.05) is 0 Å². The molecule has 2 atom stereocenters. The average Bonchev–Trinajstić information content (AvgIpc) is 3.46. The number of benzene rings is 2. The Bertz CT molecular complexity index is 1280. The number of alkyl halides is 2. The summed E-state index contributed by atoms with van der Waals surface area (Å²) >= 11 is 0. The fourth-order valence-corrected chi connectivity index (χ4v) is 3.91. The summed E-state index contributed by atoms with van der Waals surface area (Å²) in [6.45, 7) is 0.228. The van der Waals surface area contributed by atoms with Gasteiger partial charge in [0, 0.05) is 30.1 Å². The molecule has 0 aliphatic carbocycles. The number of fused-ring (bicyclic) bond motifs is 1. The molecule has 0 unspecified atom stereocenters. The SMILES string of the molecule is O=C1c2cc(-c3nnc(C(F)F)o3)ccc2CN1[C@H](c1cnccn1)[C@@H](O)c1ccccc1. The molecule has 0 bridgehead atoms. The van der Waals surface area contributed by atoms with Gasteiger partial charge >= 0.3 is 6.43 Å². The van der Waals surface area contributed by atoms with Crippen LogP contribution in [0, 0.1) is 0 Å². The van der Waals surface area contributed by atoms with Crippen LogP contribution >= 0.6 is 0 Å². The van der Waals surface area contributed by atoms with E-state index in [1.807, 2.05) is 6.07 Å². The number of carbonyl (C=O) groups is 1. The first kappa shape index (κ1) is 20.8. The van der Waals surface area contributed by atoms with Crippen molar-refractivity contribution < 1.29 is 23.1 Å². The number of aliphatic hydroxyl groups excluding tert-OH is 1. The Balaban J connectivity index is 1.50. The Hall–Kier alpha value is -4.05. The quantitative estimate of drug-likeness (QED) is 0.476. The van der Waals surface area contributed by atoms with Gasteiger partial charge in [0.05, 0.1) is 11.9 Å². The molecule has 0 saturated heterocycles. The molecule has 0 spiro atoms. The molecule has 3 heterocycles. The topological polar surface area (TPSA) is 105 Å². The second kappa shape index (κ2) is 8.47. The minimum absolute atomic E-state index is 0.103. The normalized spacial score (nSPS) is 15.0. The highest BCUT2D eigenvalue weighted by molar-refractivity contribution is 5.99. The van der Waals surface area contributed by atoms with Crippen LogP contribution in [-0.2, 0) is 6.54 Å². The van der Waals surface area contributed by atoms with Crippen LogP contribution in [0.25, 0.3) is 11.5 Å². The van der Waals surface area contributed by atoms with E-state index in [4.69, 9.17) is 4.42 Å². The zero-order valence-electron chi connectivity index (χ0n) is 17.0. The predicted octanol–water partition coefficient (Wildman–Crippen LogP) is 3.89. The number of aromatic nitrogens is 4. The van der Waals surface area contributed by atoms with E-state index in [9.17, 15) is 18.7 Å². The molecular formula is C23H17F2N5O3. The monoisotopic (exact) mass is 449 g/mol. The van der Waals surface area contributed by atoms with E-state index in [0.29, 0.717) is 27.9 Å². The summed E-state index contributed by atoms with van der Waals surface area (Å²) in [5.41, 5.74) is 2.49. The molecule has 1 aliphatic rings. The van der Waals surface area contributed by atoms with Gasteiger partial charge in [0.1, 0.15) is 12.1 Å². The number of amides is 1. The van der Waals surface area contributed by atoms with Gasteiger partial charge in [-0.05, 0) is 23.3 Å². The van der Waals surface area contributed by atoms with Gasteiger partial charge in [0.2, 0.25) is 5.89 Å². The molecule has 33 heavy (non-hydrogen) atoms. The molecule has 0 radical (unpaired) electrons. The molecular weight excluding hydrogens is 432 g/mol. The highest BCUT2D eigenvalue weighted by Crippen LogP contribution is 2.39. The molecule has 166 valence electrons.